The van der Waals surface area contributed by atoms with Crippen molar-refractivity contribution in [1.82, 2.24) is 0 Å². The number of halogens is 3. The van der Waals surface area contributed by atoms with Gasteiger partial charge >= 0.3 is 6.18 Å². The van der Waals surface area contributed by atoms with Crippen LogP contribution in [0.25, 0.3) is 11.0 Å². The van der Waals surface area contributed by atoms with E-state index in [2.05, 4.69) is 0 Å². The van der Waals surface area contributed by atoms with Crippen molar-refractivity contribution in [3.63, 3.8) is 0 Å². The number of carboxylic acids is 1. The molecule has 0 aliphatic carbocycles. The number of carbonyl (C=O) groups is 1. The molecule has 6 nitrogen and oxygen atoms in total. The van der Waals surface area contributed by atoms with Crippen LogP contribution in [0.5, 0.6) is 17.2 Å². The number of benzene rings is 2. The zero-order chi connectivity index (χ0) is 23.7. The first kappa shape index (κ1) is 23.2. The Morgan fingerprint density at radius 1 is 1.06 bits per heavy atom. The standard InChI is InChI=1S/C23H21F3O6/c1-4-22(2,3)13-5-7-14(8-6-13)31-20-19(29)16-10-9-15(30-12-18(27)28)11-17(16)32-21(20)23(24,25)26/h5-11H,4,12H2,1-3H3,(H,27,28)/p-1. The molecule has 0 saturated carbocycles. The minimum Gasteiger partial charge on any atom is -0.546 e. The fraction of sp³-hybridized carbons (Fsp3) is 0.304. The number of hydrogen-bond acceptors (Lipinski definition) is 6. The molecule has 1 aromatic heterocycles. The van der Waals surface area contributed by atoms with Crippen molar-refractivity contribution < 1.29 is 37.0 Å². The van der Waals surface area contributed by atoms with Crippen molar-refractivity contribution in [3.05, 3.63) is 64.0 Å². The summed E-state index contributed by atoms with van der Waals surface area (Å²) in [5.41, 5.74) is -0.611. The fourth-order valence-electron chi connectivity index (χ4n) is 2.96. The van der Waals surface area contributed by atoms with Crippen LogP contribution < -0.4 is 20.0 Å². The average Bonchev–Trinajstić information content (AvgIpc) is 2.73. The Balaban J connectivity index is 2.05. The van der Waals surface area contributed by atoms with Crippen molar-refractivity contribution in [2.75, 3.05) is 6.61 Å². The number of alkyl halides is 3. The van der Waals surface area contributed by atoms with Gasteiger partial charge in [0.05, 0.1) is 11.4 Å². The first-order chi connectivity index (χ1) is 14.9. The van der Waals surface area contributed by atoms with E-state index in [4.69, 9.17) is 13.9 Å². The van der Waals surface area contributed by atoms with Gasteiger partial charge in [-0.25, -0.2) is 0 Å². The molecule has 0 atom stereocenters. The van der Waals surface area contributed by atoms with E-state index in [9.17, 15) is 27.9 Å². The third-order valence-electron chi connectivity index (χ3n) is 5.18. The van der Waals surface area contributed by atoms with Crippen LogP contribution in [0.3, 0.4) is 0 Å². The van der Waals surface area contributed by atoms with E-state index >= 15 is 0 Å². The third kappa shape index (κ3) is 4.87. The topological polar surface area (TPSA) is 88.8 Å². The van der Waals surface area contributed by atoms with Crippen LogP contribution in [0.1, 0.15) is 38.5 Å². The highest BCUT2D eigenvalue weighted by Crippen LogP contribution is 2.39. The molecule has 0 radical (unpaired) electrons. The van der Waals surface area contributed by atoms with E-state index in [1.54, 1.807) is 12.1 Å². The van der Waals surface area contributed by atoms with E-state index in [0.29, 0.717) is 0 Å². The van der Waals surface area contributed by atoms with Gasteiger partial charge in [-0.1, -0.05) is 32.9 Å². The van der Waals surface area contributed by atoms with Crippen LogP contribution in [0.4, 0.5) is 13.2 Å². The van der Waals surface area contributed by atoms with E-state index < -0.39 is 41.3 Å². The summed E-state index contributed by atoms with van der Waals surface area (Å²) in [5.74, 6) is -4.16. The third-order valence-corrected chi connectivity index (χ3v) is 5.18. The van der Waals surface area contributed by atoms with E-state index in [1.165, 1.54) is 24.3 Å². The predicted octanol–water partition coefficient (Wildman–Crippen LogP) is 4.42. The van der Waals surface area contributed by atoms with Crippen molar-refractivity contribution in [3.8, 4) is 17.2 Å². The molecule has 0 aliphatic rings. The molecule has 0 fully saturated rings. The minimum atomic E-state index is -5.02. The van der Waals surface area contributed by atoms with Crippen molar-refractivity contribution in [1.29, 1.82) is 0 Å². The van der Waals surface area contributed by atoms with Gasteiger partial charge in [-0.2, -0.15) is 13.2 Å². The fourth-order valence-corrected chi connectivity index (χ4v) is 2.96. The van der Waals surface area contributed by atoms with Crippen molar-refractivity contribution >= 4 is 16.9 Å². The summed E-state index contributed by atoms with van der Waals surface area (Å²) < 4.78 is 56.1. The lowest BCUT2D eigenvalue weighted by molar-refractivity contribution is -0.307. The monoisotopic (exact) mass is 449 g/mol. The molecule has 0 saturated heterocycles. The number of fused-ring (bicyclic) bond motifs is 1. The second kappa shape index (κ2) is 8.57. The molecular formula is C23H20F3O6-. The molecule has 0 amide bonds. The summed E-state index contributed by atoms with van der Waals surface area (Å²) in [6, 6.07) is 9.86. The van der Waals surface area contributed by atoms with Crippen LogP contribution in [0.2, 0.25) is 0 Å². The number of carbonyl (C=O) groups excluding carboxylic acids is 1. The highest BCUT2D eigenvalue weighted by molar-refractivity contribution is 5.80. The normalized spacial score (nSPS) is 12.1. The van der Waals surface area contributed by atoms with Crippen LogP contribution >= 0.6 is 0 Å². The Kier molecular flexibility index (Phi) is 6.20. The van der Waals surface area contributed by atoms with Gasteiger partial charge < -0.3 is 23.8 Å². The molecule has 32 heavy (non-hydrogen) atoms. The van der Waals surface area contributed by atoms with Crippen molar-refractivity contribution in [2.45, 2.75) is 38.8 Å². The second-order valence-corrected chi connectivity index (χ2v) is 7.77. The van der Waals surface area contributed by atoms with Gasteiger partial charge in [0.15, 0.2) is 0 Å². The van der Waals surface area contributed by atoms with Crippen LogP contribution in [0, 0.1) is 0 Å². The number of carboxylic acid groups (broad SMARTS) is 1. The van der Waals surface area contributed by atoms with Crippen LogP contribution in [0.15, 0.2) is 51.7 Å². The summed E-state index contributed by atoms with van der Waals surface area (Å²) in [7, 11) is 0. The maximum absolute atomic E-state index is 13.6. The first-order valence-corrected chi connectivity index (χ1v) is 9.71. The highest BCUT2D eigenvalue weighted by Gasteiger charge is 2.40. The number of aliphatic carboxylic acids is 1. The summed E-state index contributed by atoms with van der Waals surface area (Å²) in [4.78, 5) is 23.3. The lowest BCUT2D eigenvalue weighted by Crippen LogP contribution is -2.28. The summed E-state index contributed by atoms with van der Waals surface area (Å²) in [5, 5.41) is 10.3. The summed E-state index contributed by atoms with van der Waals surface area (Å²) >= 11 is 0. The van der Waals surface area contributed by atoms with Gasteiger partial charge in [0.1, 0.15) is 23.7 Å². The maximum atomic E-state index is 13.6. The Morgan fingerprint density at radius 3 is 2.25 bits per heavy atom. The SMILES string of the molecule is CCC(C)(C)c1ccc(Oc2c(C(F)(F)F)oc3cc(OCC(=O)[O-])ccc3c2=O)cc1. The zero-order valence-electron chi connectivity index (χ0n) is 17.5. The zero-order valence-corrected chi connectivity index (χ0v) is 17.5. The minimum absolute atomic E-state index is 0.0479. The molecule has 2 aromatic carbocycles. The number of hydrogen-bond donors (Lipinski definition) is 0. The lowest BCUT2D eigenvalue weighted by atomic mass is 9.82. The average molecular weight is 449 g/mol. The van der Waals surface area contributed by atoms with Gasteiger partial charge in [-0.05, 0) is 41.7 Å². The molecule has 0 aliphatic heterocycles. The Labute approximate surface area is 181 Å². The lowest BCUT2D eigenvalue weighted by Gasteiger charge is -2.23. The maximum Gasteiger partial charge on any atom is 0.453 e. The van der Waals surface area contributed by atoms with Gasteiger partial charge in [-0.3, -0.25) is 4.79 Å². The Morgan fingerprint density at radius 2 is 1.69 bits per heavy atom. The number of rotatable bonds is 7. The largest absolute Gasteiger partial charge is 0.546 e. The second-order valence-electron chi connectivity index (χ2n) is 7.77. The van der Waals surface area contributed by atoms with Gasteiger partial charge in [-0.15, -0.1) is 0 Å². The first-order valence-electron chi connectivity index (χ1n) is 9.71. The molecule has 9 heteroatoms. The van der Waals surface area contributed by atoms with Gasteiger partial charge in [0.25, 0.3) is 5.76 Å². The smallest absolute Gasteiger partial charge is 0.453 e. The Hall–Kier alpha value is -3.49. The van der Waals surface area contributed by atoms with Crippen molar-refractivity contribution in [2.24, 2.45) is 0 Å². The van der Waals surface area contributed by atoms with Gasteiger partial charge in [0, 0.05) is 6.07 Å². The predicted molar refractivity (Wildman–Crippen MR) is 108 cm³/mol. The van der Waals surface area contributed by atoms with Gasteiger partial charge in [0.2, 0.25) is 11.2 Å². The van der Waals surface area contributed by atoms with Crippen LogP contribution in [-0.4, -0.2) is 12.6 Å². The number of ether oxygens (including phenoxy) is 2. The van der Waals surface area contributed by atoms with E-state index in [-0.39, 0.29) is 22.3 Å². The molecule has 0 N–H and O–H groups in total. The molecule has 0 unspecified atom stereocenters. The van der Waals surface area contributed by atoms with E-state index in [1.807, 2.05) is 20.8 Å². The summed E-state index contributed by atoms with van der Waals surface area (Å²) in [6.07, 6.45) is -4.16. The molecule has 0 spiro atoms. The molecule has 1 heterocycles. The van der Waals surface area contributed by atoms with Crippen LogP contribution in [-0.2, 0) is 16.4 Å². The molecular weight excluding hydrogens is 429 g/mol. The highest BCUT2D eigenvalue weighted by atomic mass is 19.4. The molecule has 170 valence electrons. The molecule has 0 bridgehead atoms. The molecule has 3 aromatic rings. The molecule has 3 rings (SSSR count). The van der Waals surface area contributed by atoms with E-state index in [0.717, 1.165) is 18.1 Å². The summed E-state index contributed by atoms with van der Waals surface area (Å²) in [6.45, 7) is 5.28. The Bertz CT molecular complexity index is 1190. The quantitative estimate of drug-likeness (QED) is 0.531.